The van der Waals surface area contributed by atoms with Crippen LogP contribution in [0.25, 0.3) is 0 Å². The van der Waals surface area contributed by atoms with E-state index in [4.69, 9.17) is 0 Å². The minimum absolute atomic E-state index is 0.526. The van der Waals surface area contributed by atoms with E-state index in [1.807, 2.05) is 0 Å². The molecule has 1 heterocycles. The topological polar surface area (TPSA) is 12.9 Å². The van der Waals surface area contributed by atoms with Gasteiger partial charge in [0.2, 0.25) is 0 Å². The molecular formula is C14H23N. The lowest BCUT2D eigenvalue weighted by Gasteiger charge is -2.15. The summed E-state index contributed by atoms with van der Waals surface area (Å²) in [6.07, 6.45) is 4.43. The van der Waals surface area contributed by atoms with Gasteiger partial charge in [-0.25, -0.2) is 0 Å². The van der Waals surface area contributed by atoms with E-state index in [1.54, 1.807) is 0 Å². The van der Waals surface area contributed by atoms with Gasteiger partial charge < -0.3 is 0 Å². The predicted molar refractivity (Wildman–Crippen MR) is 66.4 cm³/mol. The van der Waals surface area contributed by atoms with Crippen LogP contribution in [-0.2, 0) is 6.42 Å². The van der Waals surface area contributed by atoms with Crippen molar-refractivity contribution in [2.24, 2.45) is 0 Å². The lowest BCUT2D eigenvalue weighted by molar-refractivity contribution is 0.774. The third-order valence-corrected chi connectivity index (χ3v) is 2.78. The van der Waals surface area contributed by atoms with Crippen LogP contribution in [-0.4, -0.2) is 4.98 Å². The standard InChI is InChI=1S/C14H23N/c1-6-7-12-9-15-14(11(4)5)8-13(12)10(2)3/h8-11H,6-7H2,1-5H3. The van der Waals surface area contributed by atoms with Gasteiger partial charge in [0, 0.05) is 11.9 Å². The largest absolute Gasteiger partial charge is 0.261 e. The molecule has 0 aliphatic heterocycles. The number of hydrogen-bond acceptors (Lipinski definition) is 1. The molecule has 0 unspecified atom stereocenters. The van der Waals surface area contributed by atoms with E-state index < -0.39 is 0 Å². The van der Waals surface area contributed by atoms with Crippen LogP contribution in [0.4, 0.5) is 0 Å². The Bertz CT molecular complexity index is 313. The molecule has 0 atom stereocenters. The van der Waals surface area contributed by atoms with Gasteiger partial charge in [-0.3, -0.25) is 4.98 Å². The van der Waals surface area contributed by atoms with Crippen LogP contribution in [0, 0.1) is 0 Å². The fraction of sp³-hybridized carbons (Fsp3) is 0.643. The molecule has 0 spiro atoms. The van der Waals surface area contributed by atoms with E-state index in [2.05, 4.69) is 51.9 Å². The molecule has 0 fully saturated rings. The lowest BCUT2D eigenvalue weighted by Crippen LogP contribution is -2.02. The van der Waals surface area contributed by atoms with Gasteiger partial charge in [0.15, 0.2) is 0 Å². The van der Waals surface area contributed by atoms with Crippen molar-refractivity contribution in [1.29, 1.82) is 0 Å². The third kappa shape index (κ3) is 3.05. The van der Waals surface area contributed by atoms with Gasteiger partial charge in [0.1, 0.15) is 0 Å². The smallest absolute Gasteiger partial charge is 0.0432 e. The van der Waals surface area contributed by atoms with Crippen LogP contribution in [0.3, 0.4) is 0 Å². The highest BCUT2D eigenvalue weighted by atomic mass is 14.7. The van der Waals surface area contributed by atoms with Crippen molar-refractivity contribution in [1.82, 2.24) is 4.98 Å². The Morgan fingerprint density at radius 1 is 1.13 bits per heavy atom. The molecule has 1 nitrogen and oxygen atoms in total. The Morgan fingerprint density at radius 2 is 1.80 bits per heavy atom. The number of aryl methyl sites for hydroxylation is 1. The van der Waals surface area contributed by atoms with Gasteiger partial charge >= 0.3 is 0 Å². The van der Waals surface area contributed by atoms with Crippen molar-refractivity contribution in [2.75, 3.05) is 0 Å². The quantitative estimate of drug-likeness (QED) is 0.715. The SMILES string of the molecule is CCCc1cnc(C(C)C)cc1C(C)C. The number of pyridine rings is 1. The zero-order valence-electron chi connectivity index (χ0n) is 10.7. The molecule has 0 saturated carbocycles. The maximum atomic E-state index is 4.54. The monoisotopic (exact) mass is 205 g/mol. The molecule has 0 aliphatic carbocycles. The van der Waals surface area contributed by atoms with Gasteiger partial charge in [0.25, 0.3) is 0 Å². The summed E-state index contributed by atoms with van der Waals surface area (Å²) in [5.74, 6) is 1.13. The Balaban J connectivity index is 3.09. The fourth-order valence-corrected chi connectivity index (χ4v) is 1.85. The molecular weight excluding hydrogens is 182 g/mol. The van der Waals surface area contributed by atoms with E-state index in [0.29, 0.717) is 11.8 Å². The molecule has 1 heteroatoms. The second-order valence-corrected chi connectivity index (χ2v) is 4.87. The molecule has 15 heavy (non-hydrogen) atoms. The van der Waals surface area contributed by atoms with Gasteiger partial charge in [-0.1, -0.05) is 41.0 Å². The van der Waals surface area contributed by atoms with Crippen molar-refractivity contribution in [3.8, 4) is 0 Å². The summed E-state index contributed by atoms with van der Waals surface area (Å²) in [6.45, 7) is 11.1. The zero-order valence-corrected chi connectivity index (χ0v) is 10.7. The fourth-order valence-electron chi connectivity index (χ4n) is 1.85. The second kappa shape index (κ2) is 5.29. The Hall–Kier alpha value is -0.850. The lowest BCUT2D eigenvalue weighted by atomic mass is 9.94. The van der Waals surface area contributed by atoms with E-state index in [-0.39, 0.29) is 0 Å². The summed E-state index contributed by atoms with van der Waals surface area (Å²) in [6, 6.07) is 2.29. The second-order valence-electron chi connectivity index (χ2n) is 4.87. The van der Waals surface area contributed by atoms with Crippen molar-refractivity contribution < 1.29 is 0 Å². The maximum Gasteiger partial charge on any atom is 0.0432 e. The van der Waals surface area contributed by atoms with Crippen LogP contribution in [0.15, 0.2) is 12.3 Å². The molecule has 0 aliphatic rings. The van der Waals surface area contributed by atoms with Gasteiger partial charge in [-0.2, -0.15) is 0 Å². The minimum Gasteiger partial charge on any atom is -0.261 e. The first kappa shape index (κ1) is 12.2. The first-order chi connectivity index (χ1) is 7.06. The Labute approximate surface area is 93.9 Å². The number of nitrogens with zero attached hydrogens (tertiary/aromatic N) is 1. The van der Waals surface area contributed by atoms with Crippen LogP contribution in [0.5, 0.6) is 0 Å². The predicted octanol–water partition coefficient (Wildman–Crippen LogP) is 4.28. The van der Waals surface area contributed by atoms with Crippen LogP contribution < -0.4 is 0 Å². The third-order valence-electron chi connectivity index (χ3n) is 2.78. The highest BCUT2D eigenvalue weighted by molar-refractivity contribution is 5.30. The van der Waals surface area contributed by atoms with E-state index in [9.17, 15) is 0 Å². The molecule has 1 rings (SSSR count). The zero-order chi connectivity index (χ0) is 11.4. The molecule has 84 valence electrons. The van der Waals surface area contributed by atoms with Crippen molar-refractivity contribution >= 4 is 0 Å². The molecule has 0 bridgehead atoms. The van der Waals surface area contributed by atoms with Crippen LogP contribution in [0.1, 0.15) is 69.7 Å². The first-order valence-corrected chi connectivity index (χ1v) is 6.05. The maximum absolute atomic E-state index is 4.54. The summed E-state index contributed by atoms with van der Waals surface area (Å²) in [4.78, 5) is 4.54. The number of hydrogen-bond donors (Lipinski definition) is 0. The summed E-state index contributed by atoms with van der Waals surface area (Å²) >= 11 is 0. The number of aromatic nitrogens is 1. The normalized spacial score (nSPS) is 11.4. The van der Waals surface area contributed by atoms with E-state index in [0.717, 1.165) is 6.42 Å². The molecule has 0 N–H and O–H groups in total. The van der Waals surface area contributed by atoms with Crippen molar-refractivity contribution in [3.63, 3.8) is 0 Å². The van der Waals surface area contributed by atoms with E-state index >= 15 is 0 Å². The average Bonchev–Trinajstić information content (AvgIpc) is 2.18. The number of rotatable bonds is 4. The van der Waals surface area contributed by atoms with Crippen LogP contribution >= 0.6 is 0 Å². The molecule has 1 aromatic rings. The summed E-state index contributed by atoms with van der Waals surface area (Å²) in [5.41, 5.74) is 4.13. The summed E-state index contributed by atoms with van der Waals surface area (Å²) in [7, 11) is 0. The summed E-state index contributed by atoms with van der Waals surface area (Å²) in [5, 5.41) is 0. The van der Waals surface area contributed by atoms with Crippen LogP contribution in [0.2, 0.25) is 0 Å². The molecule has 1 aromatic heterocycles. The van der Waals surface area contributed by atoms with Gasteiger partial charge in [-0.05, 0) is 35.4 Å². The highest BCUT2D eigenvalue weighted by Crippen LogP contribution is 2.23. The van der Waals surface area contributed by atoms with Crippen molar-refractivity contribution in [2.45, 2.75) is 59.3 Å². The van der Waals surface area contributed by atoms with Gasteiger partial charge in [0.05, 0.1) is 0 Å². The summed E-state index contributed by atoms with van der Waals surface area (Å²) < 4.78 is 0. The Kier molecular flexibility index (Phi) is 4.31. The van der Waals surface area contributed by atoms with Crippen molar-refractivity contribution in [3.05, 3.63) is 29.1 Å². The van der Waals surface area contributed by atoms with Gasteiger partial charge in [-0.15, -0.1) is 0 Å². The first-order valence-electron chi connectivity index (χ1n) is 6.05. The average molecular weight is 205 g/mol. The minimum atomic E-state index is 0.526. The molecule has 0 amide bonds. The Morgan fingerprint density at radius 3 is 2.27 bits per heavy atom. The molecule has 0 saturated heterocycles. The highest BCUT2D eigenvalue weighted by Gasteiger charge is 2.09. The molecule has 0 aromatic carbocycles. The van der Waals surface area contributed by atoms with E-state index in [1.165, 1.54) is 23.2 Å². The molecule has 0 radical (unpaired) electrons.